The van der Waals surface area contributed by atoms with Gasteiger partial charge in [-0.15, -0.1) is 21.5 Å². The summed E-state index contributed by atoms with van der Waals surface area (Å²) in [7, 11) is 0. The molecule has 3 aromatic rings. The Morgan fingerprint density at radius 1 is 1.13 bits per heavy atom. The van der Waals surface area contributed by atoms with Gasteiger partial charge in [-0.25, -0.2) is 4.98 Å². The van der Waals surface area contributed by atoms with Crippen LogP contribution in [0.15, 0.2) is 44.4 Å². The third-order valence-electron chi connectivity index (χ3n) is 2.64. The number of rotatable bonds is 7. The van der Waals surface area contributed by atoms with Gasteiger partial charge in [-0.2, -0.15) is 0 Å². The van der Waals surface area contributed by atoms with E-state index < -0.39 is 0 Å². The van der Waals surface area contributed by atoms with Crippen molar-refractivity contribution in [1.82, 2.24) is 15.2 Å². The van der Waals surface area contributed by atoms with Crippen LogP contribution >= 0.6 is 46.2 Å². The van der Waals surface area contributed by atoms with Crippen LogP contribution in [0.25, 0.3) is 10.6 Å². The van der Waals surface area contributed by atoms with Gasteiger partial charge in [-0.1, -0.05) is 65.2 Å². The Morgan fingerprint density at radius 2 is 1.87 bits per heavy atom. The van der Waals surface area contributed by atoms with Crippen molar-refractivity contribution >= 4 is 52.1 Å². The first-order valence-electron chi connectivity index (χ1n) is 6.58. The maximum absolute atomic E-state index is 10.8. The second-order valence-corrected chi connectivity index (χ2v) is 8.67. The standard InChI is InChI=1S/C14H12N4OS4/c15-11(19)8-22-14-18-17-13(23-14)21-7-10-6-20-12(16-10)9-4-2-1-3-5-9/h1-6H,7-8H2,(H2,15,19). The van der Waals surface area contributed by atoms with Gasteiger partial charge in [-0.3, -0.25) is 4.79 Å². The van der Waals surface area contributed by atoms with Crippen molar-refractivity contribution in [1.29, 1.82) is 0 Å². The van der Waals surface area contributed by atoms with Gasteiger partial charge in [0.2, 0.25) is 5.91 Å². The average Bonchev–Trinajstić information content (AvgIpc) is 3.21. The van der Waals surface area contributed by atoms with Crippen molar-refractivity contribution in [3.8, 4) is 10.6 Å². The summed E-state index contributed by atoms with van der Waals surface area (Å²) in [6, 6.07) is 10.1. The molecule has 0 saturated heterocycles. The van der Waals surface area contributed by atoms with Crippen molar-refractivity contribution in [3.05, 3.63) is 41.4 Å². The number of hydrogen-bond acceptors (Lipinski definition) is 8. The molecule has 0 radical (unpaired) electrons. The Kier molecular flexibility index (Phi) is 5.65. The first kappa shape index (κ1) is 16.4. The zero-order chi connectivity index (χ0) is 16.1. The summed E-state index contributed by atoms with van der Waals surface area (Å²) in [5.41, 5.74) is 7.28. The van der Waals surface area contributed by atoms with E-state index in [1.54, 1.807) is 23.1 Å². The van der Waals surface area contributed by atoms with Crippen LogP contribution in [-0.2, 0) is 10.5 Å². The molecule has 0 fully saturated rings. The molecule has 23 heavy (non-hydrogen) atoms. The maximum atomic E-state index is 10.8. The average molecular weight is 381 g/mol. The fourth-order valence-corrected chi connectivity index (χ4v) is 5.25. The lowest BCUT2D eigenvalue weighted by Gasteiger charge is -1.94. The van der Waals surface area contributed by atoms with Gasteiger partial charge in [0, 0.05) is 16.7 Å². The highest BCUT2D eigenvalue weighted by atomic mass is 32.2. The van der Waals surface area contributed by atoms with Gasteiger partial charge in [-0.05, 0) is 0 Å². The minimum absolute atomic E-state index is 0.228. The van der Waals surface area contributed by atoms with Crippen LogP contribution in [0.3, 0.4) is 0 Å². The van der Waals surface area contributed by atoms with E-state index in [-0.39, 0.29) is 11.7 Å². The number of nitrogens with two attached hydrogens (primary N) is 1. The number of primary amides is 1. The predicted molar refractivity (Wildman–Crippen MR) is 96.9 cm³/mol. The molecule has 2 heterocycles. The summed E-state index contributed by atoms with van der Waals surface area (Å²) in [4.78, 5) is 15.4. The van der Waals surface area contributed by atoms with Crippen LogP contribution in [-0.4, -0.2) is 26.8 Å². The number of hydrogen-bond donors (Lipinski definition) is 1. The number of amides is 1. The molecule has 3 rings (SSSR count). The Morgan fingerprint density at radius 3 is 2.61 bits per heavy atom. The molecule has 0 aliphatic carbocycles. The number of thiazole rings is 1. The third kappa shape index (κ3) is 4.77. The van der Waals surface area contributed by atoms with Gasteiger partial charge in [0.15, 0.2) is 8.68 Å². The molecule has 0 unspecified atom stereocenters. The SMILES string of the molecule is NC(=O)CSc1nnc(SCc2csc(-c3ccccc3)n2)s1. The molecule has 2 aromatic heterocycles. The quantitative estimate of drug-likeness (QED) is 0.632. The minimum atomic E-state index is -0.352. The topological polar surface area (TPSA) is 81.8 Å². The number of aromatic nitrogens is 3. The monoisotopic (exact) mass is 380 g/mol. The van der Waals surface area contributed by atoms with E-state index in [9.17, 15) is 4.79 Å². The second kappa shape index (κ2) is 7.91. The lowest BCUT2D eigenvalue weighted by Crippen LogP contribution is -2.12. The maximum Gasteiger partial charge on any atom is 0.227 e. The summed E-state index contributed by atoms with van der Waals surface area (Å²) in [5.74, 6) is 0.625. The summed E-state index contributed by atoms with van der Waals surface area (Å²) in [5, 5.41) is 11.2. The van der Waals surface area contributed by atoms with Gasteiger partial charge in [0.1, 0.15) is 5.01 Å². The Labute approximate surface area is 149 Å². The number of benzene rings is 1. The second-order valence-electron chi connectivity index (χ2n) is 4.39. The molecule has 2 N–H and O–H groups in total. The fraction of sp³-hybridized carbons (Fsp3) is 0.143. The van der Waals surface area contributed by atoms with Crippen molar-refractivity contribution in [2.75, 3.05) is 5.75 Å². The fourth-order valence-electron chi connectivity index (χ4n) is 1.67. The summed E-state index contributed by atoms with van der Waals surface area (Å²) in [6.07, 6.45) is 0. The van der Waals surface area contributed by atoms with Gasteiger partial charge in [0.05, 0.1) is 11.4 Å². The number of carbonyl (C=O) groups excluding carboxylic acids is 1. The van der Waals surface area contributed by atoms with Crippen molar-refractivity contribution in [2.45, 2.75) is 14.4 Å². The molecule has 0 spiro atoms. The van der Waals surface area contributed by atoms with E-state index in [1.807, 2.05) is 18.2 Å². The highest BCUT2D eigenvalue weighted by molar-refractivity contribution is 8.03. The molecule has 0 aliphatic rings. The Balaban J connectivity index is 1.57. The molecule has 118 valence electrons. The van der Waals surface area contributed by atoms with Crippen LogP contribution in [0, 0.1) is 0 Å². The molecule has 9 heteroatoms. The van der Waals surface area contributed by atoms with Gasteiger partial charge >= 0.3 is 0 Å². The first-order valence-corrected chi connectivity index (χ1v) is 10.2. The number of carbonyl (C=O) groups is 1. The van der Waals surface area contributed by atoms with E-state index >= 15 is 0 Å². The zero-order valence-corrected chi connectivity index (χ0v) is 15.1. The zero-order valence-electron chi connectivity index (χ0n) is 11.8. The summed E-state index contributed by atoms with van der Waals surface area (Å²) in [6.45, 7) is 0. The van der Waals surface area contributed by atoms with Crippen LogP contribution in [0.5, 0.6) is 0 Å². The largest absolute Gasteiger partial charge is 0.369 e. The van der Waals surface area contributed by atoms with Crippen LogP contribution < -0.4 is 5.73 Å². The van der Waals surface area contributed by atoms with Crippen molar-refractivity contribution in [3.63, 3.8) is 0 Å². The Bertz CT molecular complexity index is 787. The molecular weight excluding hydrogens is 368 g/mol. The molecule has 1 aromatic carbocycles. The number of thioether (sulfide) groups is 2. The highest BCUT2D eigenvalue weighted by Crippen LogP contribution is 2.32. The van der Waals surface area contributed by atoms with Crippen LogP contribution in [0.1, 0.15) is 5.69 Å². The van der Waals surface area contributed by atoms with Gasteiger partial charge < -0.3 is 5.73 Å². The highest BCUT2D eigenvalue weighted by Gasteiger charge is 2.09. The third-order valence-corrected chi connectivity index (χ3v) is 6.83. The predicted octanol–water partition coefficient (Wildman–Crippen LogP) is 3.53. The van der Waals surface area contributed by atoms with E-state index in [2.05, 4.69) is 32.7 Å². The van der Waals surface area contributed by atoms with E-state index in [0.29, 0.717) is 0 Å². The molecule has 0 saturated carbocycles. The first-order chi connectivity index (χ1) is 11.2. The van der Waals surface area contributed by atoms with Gasteiger partial charge in [0.25, 0.3) is 0 Å². The molecule has 5 nitrogen and oxygen atoms in total. The molecular formula is C14H12N4OS4. The summed E-state index contributed by atoms with van der Waals surface area (Å²) < 4.78 is 1.63. The van der Waals surface area contributed by atoms with E-state index in [0.717, 1.165) is 30.7 Å². The van der Waals surface area contributed by atoms with E-state index in [1.165, 1.54) is 23.1 Å². The Hall–Kier alpha value is -1.42. The number of nitrogens with zero attached hydrogens (tertiary/aromatic N) is 3. The smallest absolute Gasteiger partial charge is 0.227 e. The summed E-state index contributed by atoms with van der Waals surface area (Å²) >= 11 is 6.02. The molecule has 1 amide bonds. The molecule has 0 atom stereocenters. The lowest BCUT2D eigenvalue weighted by atomic mass is 10.2. The van der Waals surface area contributed by atoms with Crippen LogP contribution in [0.4, 0.5) is 0 Å². The lowest BCUT2D eigenvalue weighted by molar-refractivity contribution is -0.115. The minimum Gasteiger partial charge on any atom is -0.369 e. The molecule has 0 bridgehead atoms. The van der Waals surface area contributed by atoms with Crippen molar-refractivity contribution < 1.29 is 4.79 Å². The normalized spacial score (nSPS) is 10.8. The van der Waals surface area contributed by atoms with Crippen LogP contribution in [0.2, 0.25) is 0 Å². The molecule has 0 aliphatic heterocycles. The van der Waals surface area contributed by atoms with E-state index in [4.69, 9.17) is 5.73 Å². The van der Waals surface area contributed by atoms with Crippen molar-refractivity contribution in [2.24, 2.45) is 5.73 Å².